The lowest BCUT2D eigenvalue weighted by Crippen LogP contribution is -1.93. The molecule has 2 heterocycles. The van der Waals surface area contributed by atoms with E-state index in [1.54, 1.807) is 4.68 Å². The Hall–Kier alpha value is -1.58. The predicted molar refractivity (Wildman–Crippen MR) is 48.2 cm³/mol. The molecule has 4 nitrogen and oxygen atoms in total. The maximum Gasteiger partial charge on any atom is 0.134 e. The molecule has 0 unspecified atom stereocenters. The van der Waals surface area contributed by atoms with E-state index in [0.717, 1.165) is 22.8 Å². The van der Waals surface area contributed by atoms with Crippen molar-refractivity contribution in [3.63, 3.8) is 0 Å². The van der Waals surface area contributed by atoms with Crippen molar-refractivity contribution in [1.82, 2.24) is 14.9 Å². The van der Waals surface area contributed by atoms with E-state index in [1.165, 1.54) is 0 Å². The second-order valence-corrected chi connectivity index (χ2v) is 3.12. The summed E-state index contributed by atoms with van der Waals surface area (Å²) >= 11 is 0. The second kappa shape index (κ2) is 2.73. The lowest BCUT2D eigenvalue weighted by atomic mass is 10.3. The molecule has 0 atom stereocenters. The molecule has 0 saturated carbocycles. The van der Waals surface area contributed by atoms with Crippen molar-refractivity contribution in [2.24, 2.45) is 7.05 Å². The van der Waals surface area contributed by atoms with E-state index in [1.807, 2.05) is 33.0 Å². The fourth-order valence-electron chi connectivity index (χ4n) is 1.34. The van der Waals surface area contributed by atoms with Gasteiger partial charge in [-0.05, 0) is 19.9 Å². The van der Waals surface area contributed by atoms with Crippen molar-refractivity contribution in [3.8, 4) is 11.4 Å². The Bertz CT molecular complexity index is 428. The Kier molecular flexibility index (Phi) is 1.69. The lowest BCUT2D eigenvalue weighted by Gasteiger charge is -1.93. The van der Waals surface area contributed by atoms with Crippen LogP contribution in [0.2, 0.25) is 0 Å². The van der Waals surface area contributed by atoms with E-state index < -0.39 is 0 Å². The van der Waals surface area contributed by atoms with Crippen LogP contribution in [0.15, 0.2) is 16.7 Å². The first-order chi connectivity index (χ1) is 6.16. The highest BCUT2D eigenvalue weighted by Crippen LogP contribution is 2.18. The fourth-order valence-corrected chi connectivity index (χ4v) is 1.34. The van der Waals surface area contributed by atoms with Gasteiger partial charge in [0.15, 0.2) is 0 Å². The number of hydrogen-bond acceptors (Lipinski definition) is 3. The Balaban J connectivity index is 2.51. The predicted octanol–water partition coefficient (Wildman–Crippen LogP) is 1.69. The van der Waals surface area contributed by atoms with E-state index in [2.05, 4.69) is 10.3 Å². The van der Waals surface area contributed by atoms with Gasteiger partial charge in [0.2, 0.25) is 0 Å². The summed E-state index contributed by atoms with van der Waals surface area (Å²) in [6.45, 7) is 3.83. The van der Waals surface area contributed by atoms with Crippen LogP contribution in [0.1, 0.15) is 11.5 Å². The van der Waals surface area contributed by atoms with Crippen molar-refractivity contribution in [2.45, 2.75) is 13.8 Å². The molecule has 0 aliphatic rings. The van der Waals surface area contributed by atoms with Gasteiger partial charge in [0, 0.05) is 13.1 Å². The van der Waals surface area contributed by atoms with Gasteiger partial charge < -0.3 is 4.52 Å². The average Bonchev–Trinajstić information content (AvgIpc) is 2.58. The van der Waals surface area contributed by atoms with E-state index in [0.29, 0.717) is 0 Å². The van der Waals surface area contributed by atoms with Gasteiger partial charge >= 0.3 is 0 Å². The van der Waals surface area contributed by atoms with E-state index in [-0.39, 0.29) is 0 Å². The van der Waals surface area contributed by atoms with Crippen LogP contribution in [-0.4, -0.2) is 14.9 Å². The maximum absolute atomic E-state index is 4.99. The Labute approximate surface area is 76.2 Å². The summed E-state index contributed by atoms with van der Waals surface area (Å²) in [4.78, 5) is 0. The zero-order chi connectivity index (χ0) is 9.42. The van der Waals surface area contributed by atoms with E-state index >= 15 is 0 Å². The van der Waals surface area contributed by atoms with Crippen LogP contribution in [0.4, 0.5) is 0 Å². The van der Waals surface area contributed by atoms with Gasteiger partial charge in [-0.2, -0.15) is 5.10 Å². The molecule has 2 aromatic rings. The quantitative estimate of drug-likeness (QED) is 0.665. The van der Waals surface area contributed by atoms with Crippen molar-refractivity contribution >= 4 is 0 Å². The lowest BCUT2D eigenvalue weighted by molar-refractivity contribution is 0.399. The third kappa shape index (κ3) is 1.35. The zero-order valence-electron chi connectivity index (χ0n) is 7.90. The van der Waals surface area contributed by atoms with Gasteiger partial charge in [-0.15, -0.1) is 0 Å². The number of rotatable bonds is 1. The summed E-state index contributed by atoms with van der Waals surface area (Å²) in [7, 11) is 1.90. The standard InChI is InChI=1S/C9H11N3O/c1-6-4-9(12(3)10-6)8-5-7(2)13-11-8/h4-5H,1-3H3. The normalized spacial score (nSPS) is 10.7. The molecule has 13 heavy (non-hydrogen) atoms. The molecule has 0 saturated heterocycles. The number of nitrogens with zero attached hydrogens (tertiary/aromatic N) is 3. The van der Waals surface area contributed by atoms with Crippen LogP contribution < -0.4 is 0 Å². The SMILES string of the molecule is Cc1cc(-c2cc(C)on2)n(C)n1. The molecule has 0 spiro atoms. The van der Waals surface area contributed by atoms with Crippen molar-refractivity contribution in [2.75, 3.05) is 0 Å². The molecule has 2 rings (SSSR count). The monoisotopic (exact) mass is 177 g/mol. The minimum Gasteiger partial charge on any atom is -0.361 e. The molecular formula is C9H11N3O. The third-order valence-corrected chi connectivity index (χ3v) is 1.89. The molecule has 0 radical (unpaired) electrons. The maximum atomic E-state index is 4.99. The summed E-state index contributed by atoms with van der Waals surface area (Å²) in [5.74, 6) is 0.814. The Morgan fingerprint density at radius 2 is 2.08 bits per heavy atom. The zero-order valence-corrected chi connectivity index (χ0v) is 7.90. The van der Waals surface area contributed by atoms with Crippen molar-refractivity contribution < 1.29 is 4.52 Å². The summed E-state index contributed by atoms with van der Waals surface area (Å²) in [6, 6.07) is 3.88. The van der Waals surface area contributed by atoms with Crippen LogP contribution in [-0.2, 0) is 7.05 Å². The molecule has 0 aliphatic carbocycles. The number of aromatic nitrogens is 3. The molecule has 2 aromatic heterocycles. The van der Waals surface area contributed by atoms with Crippen LogP contribution in [0.25, 0.3) is 11.4 Å². The van der Waals surface area contributed by atoms with Crippen molar-refractivity contribution in [3.05, 3.63) is 23.6 Å². The summed E-state index contributed by atoms with van der Waals surface area (Å²) in [6.07, 6.45) is 0. The highest BCUT2D eigenvalue weighted by molar-refractivity contribution is 5.54. The van der Waals surface area contributed by atoms with Crippen molar-refractivity contribution in [1.29, 1.82) is 0 Å². The first kappa shape index (κ1) is 8.04. The van der Waals surface area contributed by atoms with Gasteiger partial charge in [0.1, 0.15) is 11.5 Å². The van der Waals surface area contributed by atoms with Gasteiger partial charge in [-0.25, -0.2) is 0 Å². The fraction of sp³-hybridized carbons (Fsp3) is 0.333. The first-order valence-corrected chi connectivity index (χ1v) is 4.11. The first-order valence-electron chi connectivity index (χ1n) is 4.11. The summed E-state index contributed by atoms with van der Waals surface area (Å²) < 4.78 is 6.79. The van der Waals surface area contributed by atoms with Crippen LogP contribution in [0.3, 0.4) is 0 Å². The average molecular weight is 177 g/mol. The Morgan fingerprint density at radius 3 is 2.54 bits per heavy atom. The van der Waals surface area contributed by atoms with E-state index in [4.69, 9.17) is 4.52 Å². The highest BCUT2D eigenvalue weighted by Gasteiger charge is 2.08. The van der Waals surface area contributed by atoms with Crippen LogP contribution in [0, 0.1) is 13.8 Å². The number of hydrogen-bond donors (Lipinski definition) is 0. The molecule has 0 N–H and O–H groups in total. The Morgan fingerprint density at radius 1 is 1.31 bits per heavy atom. The van der Waals surface area contributed by atoms with E-state index in [9.17, 15) is 0 Å². The molecule has 0 bridgehead atoms. The smallest absolute Gasteiger partial charge is 0.134 e. The highest BCUT2D eigenvalue weighted by atomic mass is 16.5. The molecular weight excluding hydrogens is 166 g/mol. The molecule has 0 aromatic carbocycles. The third-order valence-electron chi connectivity index (χ3n) is 1.89. The molecule has 68 valence electrons. The topological polar surface area (TPSA) is 43.9 Å². The van der Waals surface area contributed by atoms with Gasteiger partial charge in [-0.1, -0.05) is 5.16 Å². The molecule has 0 amide bonds. The van der Waals surface area contributed by atoms with Crippen LogP contribution >= 0.6 is 0 Å². The van der Waals surface area contributed by atoms with Gasteiger partial charge in [0.05, 0.1) is 11.4 Å². The van der Waals surface area contributed by atoms with Gasteiger partial charge in [0.25, 0.3) is 0 Å². The molecule has 0 fully saturated rings. The minimum absolute atomic E-state index is 0.814. The molecule has 0 aliphatic heterocycles. The van der Waals surface area contributed by atoms with Crippen LogP contribution in [0.5, 0.6) is 0 Å². The van der Waals surface area contributed by atoms with Gasteiger partial charge in [-0.3, -0.25) is 4.68 Å². The largest absolute Gasteiger partial charge is 0.361 e. The summed E-state index contributed by atoms with van der Waals surface area (Å²) in [5.41, 5.74) is 2.80. The molecule has 4 heteroatoms. The summed E-state index contributed by atoms with van der Waals surface area (Å²) in [5, 5.41) is 8.16. The minimum atomic E-state index is 0.814. The second-order valence-electron chi connectivity index (χ2n) is 3.12. The number of aryl methyl sites for hydroxylation is 3.